The van der Waals surface area contributed by atoms with Crippen LogP contribution in [0.1, 0.15) is 36.0 Å². The van der Waals surface area contributed by atoms with Gasteiger partial charge in [-0.1, -0.05) is 12.1 Å². The van der Waals surface area contributed by atoms with Crippen LogP contribution in [0.3, 0.4) is 0 Å². The first-order valence-electron chi connectivity index (χ1n) is 9.02. The highest BCUT2D eigenvalue weighted by Gasteiger charge is 2.23. The van der Waals surface area contributed by atoms with Crippen LogP contribution < -0.4 is 4.74 Å². The van der Waals surface area contributed by atoms with Gasteiger partial charge in [-0.05, 0) is 55.2 Å². The van der Waals surface area contributed by atoms with E-state index in [9.17, 15) is 4.79 Å². The topological polar surface area (TPSA) is 42.4 Å². The van der Waals surface area contributed by atoms with Crippen LogP contribution in [0.25, 0.3) is 0 Å². The van der Waals surface area contributed by atoms with E-state index in [4.69, 9.17) is 4.74 Å². The zero-order valence-corrected chi connectivity index (χ0v) is 15.1. The van der Waals surface area contributed by atoms with Crippen LogP contribution in [0.5, 0.6) is 5.75 Å². The smallest absolute Gasteiger partial charge is 0.222 e. The summed E-state index contributed by atoms with van der Waals surface area (Å²) in [5.74, 6) is 1.16. The van der Waals surface area contributed by atoms with Crippen LogP contribution in [0.2, 0.25) is 0 Å². The third kappa shape index (κ3) is 4.81. The molecule has 1 amide bonds. The number of rotatable bonds is 5. The van der Waals surface area contributed by atoms with Gasteiger partial charge in [0.05, 0.1) is 0 Å². The number of carbonyl (C=O) groups excluding carboxylic acids is 1. The maximum atomic E-state index is 12.4. The van der Waals surface area contributed by atoms with E-state index in [0.29, 0.717) is 6.42 Å². The lowest BCUT2D eigenvalue weighted by molar-refractivity contribution is -0.132. The Morgan fingerprint density at radius 3 is 2.68 bits per heavy atom. The molecule has 1 aliphatic rings. The molecule has 0 spiro atoms. The van der Waals surface area contributed by atoms with E-state index >= 15 is 0 Å². The summed E-state index contributed by atoms with van der Waals surface area (Å²) in [7, 11) is 0. The van der Waals surface area contributed by atoms with Crippen LogP contribution in [-0.4, -0.2) is 35.0 Å². The predicted molar refractivity (Wildman–Crippen MR) is 98.7 cm³/mol. The first kappa shape index (κ1) is 17.5. The molecule has 0 unspecified atom stereocenters. The molecule has 0 radical (unpaired) electrons. The van der Waals surface area contributed by atoms with Gasteiger partial charge in [0.1, 0.15) is 11.9 Å². The number of hydrogen-bond acceptors (Lipinski definition) is 3. The first-order chi connectivity index (χ1) is 12.1. The van der Waals surface area contributed by atoms with Gasteiger partial charge in [-0.3, -0.25) is 9.78 Å². The quantitative estimate of drug-likeness (QED) is 0.835. The standard InChI is InChI=1S/C21H26N2O2/c1-16-5-7-20(14-17(16)2)25-19-9-12-23(13-10-19)21(24)8-6-18-4-3-11-22-15-18/h3-5,7,11,14-15,19H,6,8-10,12-13H2,1-2H3. The second-order valence-corrected chi connectivity index (χ2v) is 6.81. The fraction of sp³-hybridized carbons (Fsp3) is 0.429. The number of piperidine rings is 1. The second-order valence-electron chi connectivity index (χ2n) is 6.81. The minimum absolute atomic E-state index is 0.199. The van der Waals surface area contributed by atoms with Crippen LogP contribution >= 0.6 is 0 Å². The van der Waals surface area contributed by atoms with Crippen LogP contribution in [0.15, 0.2) is 42.7 Å². The van der Waals surface area contributed by atoms with Crippen molar-refractivity contribution >= 4 is 5.91 Å². The summed E-state index contributed by atoms with van der Waals surface area (Å²) >= 11 is 0. The molecule has 0 bridgehead atoms. The summed E-state index contributed by atoms with van der Waals surface area (Å²) in [6.07, 6.45) is 6.88. The molecule has 2 aromatic rings. The summed E-state index contributed by atoms with van der Waals surface area (Å²) < 4.78 is 6.10. The molecule has 0 atom stereocenters. The van der Waals surface area contributed by atoms with E-state index in [0.717, 1.165) is 43.7 Å². The minimum Gasteiger partial charge on any atom is -0.490 e. The Hall–Kier alpha value is -2.36. The van der Waals surface area contributed by atoms with E-state index in [2.05, 4.69) is 31.0 Å². The van der Waals surface area contributed by atoms with E-state index in [1.54, 1.807) is 6.20 Å². The number of nitrogens with zero attached hydrogens (tertiary/aromatic N) is 2. The summed E-state index contributed by atoms with van der Waals surface area (Å²) in [5, 5.41) is 0. The van der Waals surface area contributed by atoms with Crippen molar-refractivity contribution in [3.63, 3.8) is 0 Å². The first-order valence-corrected chi connectivity index (χ1v) is 9.02. The average molecular weight is 338 g/mol. The van der Waals surface area contributed by atoms with Gasteiger partial charge in [0.2, 0.25) is 5.91 Å². The van der Waals surface area contributed by atoms with Gasteiger partial charge in [0, 0.05) is 44.7 Å². The third-order valence-electron chi connectivity index (χ3n) is 4.93. The number of carbonyl (C=O) groups is 1. The summed E-state index contributed by atoms with van der Waals surface area (Å²) in [4.78, 5) is 18.4. The lowest BCUT2D eigenvalue weighted by Gasteiger charge is -2.32. The number of amides is 1. The lowest BCUT2D eigenvalue weighted by Crippen LogP contribution is -2.41. The van der Waals surface area contributed by atoms with Crippen LogP contribution in [-0.2, 0) is 11.2 Å². The number of benzene rings is 1. The van der Waals surface area contributed by atoms with Crippen molar-refractivity contribution in [2.24, 2.45) is 0 Å². The summed E-state index contributed by atoms with van der Waals surface area (Å²) in [6.45, 7) is 5.77. The number of aromatic nitrogens is 1. The molecule has 1 aromatic carbocycles. The Balaban J connectivity index is 1.44. The molecule has 4 heteroatoms. The molecule has 0 N–H and O–H groups in total. The molecule has 3 rings (SSSR count). The molecule has 132 valence electrons. The monoisotopic (exact) mass is 338 g/mol. The van der Waals surface area contributed by atoms with Gasteiger partial charge in [0.25, 0.3) is 0 Å². The molecule has 1 aromatic heterocycles. The van der Waals surface area contributed by atoms with Crippen molar-refractivity contribution in [2.45, 2.75) is 45.6 Å². The fourth-order valence-electron chi connectivity index (χ4n) is 3.16. The SMILES string of the molecule is Cc1ccc(OC2CCN(C(=O)CCc3cccnc3)CC2)cc1C. The largest absolute Gasteiger partial charge is 0.490 e. The van der Waals surface area contributed by atoms with Gasteiger partial charge < -0.3 is 9.64 Å². The second kappa shape index (κ2) is 8.15. The zero-order chi connectivity index (χ0) is 17.6. The van der Waals surface area contributed by atoms with Crippen molar-refractivity contribution in [1.82, 2.24) is 9.88 Å². The molecular formula is C21H26N2O2. The number of hydrogen-bond donors (Lipinski definition) is 0. The maximum absolute atomic E-state index is 12.4. The van der Waals surface area contributed by atoms with Crippen LogP contribution in [0, 0.1) is 13.8 Å². The van der Waals surface area contributed by atoms with Gasteiger partial charge in [-0.2, -0.15) is 0 Å². The molecule has 4 nitrogen and oxygen atoms in total. The zero-order valence-electron chi connectivity index (χ0n) is 15.1. The van der Waals surface area contributed by atoms with Crippen molar-refractivity contribution in [2.75, 3.05) is 13.1 Å². The Kier molecular flexibility index (Phi) is 5.69. The fourth-order valence-corrected chi connectivity index (χ4v) is 3.16. The van der Waals surface area contributed by atoms with Gasteiger partial charge in [-0.25, -0.2) is 0 Å². The summed E-state index contributed by atoms with van der Waals surface area (Å²) in [5.41, 5.74) is 3.64. The molecule has 25 heavy (non-hydrogen) atoms. The molecule has 2 heterocycles. The molecule has 0 saturated carbocycles. The normalized spacial score (nSPS) is 15.2. The summed E-state index contributed by atoms with van der Waals surface area (Å²) in [6, 6.07) is 10.2. The third-order valence-corrected chi connectivity index (χ3v) is 4.93. The van der Waals surface area contributed by atoms with Crippen molar-refractivity contribution in [1.29, 1.82) is 0 Å². The van der Waals surface area contributed by atoms with Crippen LogP contribution in [0.4, 0.5) is 0 Å². The minimum atomic E-state index is 0.199. The Labute approximate surface area is 149 Å². The van der Waals surface area contributed by atoms with Gasteiger partial charge in [0.15, 0.2) is 0 Å². The number of pyridine rings is 1. The highest BCUT2D eigenvalue weighted by atomic mass is 16.5. The molecular weight excluding hydrogens is 312 g/mol. The molecule has 1 aliphatic heterocycles. The number of aryl methyl sites for hydroxylation is 3. The Morgan fingerprint density at radius 1 is 1.20 bits per heavy atom. The Morgan fingerprint density at radius 2 is 2.00 bits per heavy atom. The molecule has 1 fully saturated rings. The van der Waals surface area contributed by atoms with E-state index in [1.165, 1.54) is 11.1 Å². The van der Waals surface area contributed by atoms with E-state index in [-0.39, 0.29) is 12.0 Å². The maximum Gasteiger partial charge on any atom is 0.222 e. The van der Waals surface area contributed by atoms with Crippen molar-refractivity contribution in [3.05, 3.63) is 59.4 Å². The molecule has 1 saturated heterocycles. The predicted octanol–water partition coefficient (Wildman–Crippen LogP) is 3.70. The Bertz CT molecular complexity index is 707. The van der Waals surface area contributed by atoms with Gasteiger partial charge in [-0.15, -0.1) is 0 Å². The lowest BCUT2D eigenvalue weighted by atomic mass is 10.1. The van der Waals surface area contributed by atoms with E-state index in [1.807, 2.05) is 29.3 Å². The average Bonchev–Trinajstić information content (AvgIpc) is 2.64. The highest BCUT2D eigenvalue weighted by Crippen LogP contribution is 2.22. The highest BCUT2D eigenvalue weighted by molar-refractivity contribution is 5.76. The van der Waals surface area contributed by atoms with E-state index < -0.39 is 0 Å². The number of ether oxygens (including phenoxy) is 1. The number of likely N-dealkylation sites (tertiary alicyclic amines) is 1. The van der Waals surface area contributed by atoms with Gasteiger partial charge >= 0.3 is 0 Å². The van der Waals surface area contributed by atoms with Crippen molar-refractivity contribution < 1.29 is 9.53 Å². The van der Waals surface area contributed by atoms with Crippen molar-refractivity contribution in [3.8, 4) is 5.75 Å². The molecule has 0 aliphatic carbocycles.